The van der Waals surface area contributed by atoms with E-state index in [0.717, 1.165) is 12.8 Å². The van der Waals surface area contributed by atoms with Crippen LogP contribution >= 0.6 is 0 Å². The van der Waals surface area contributed by atoms with Crippen LogP contribution in [0.1, 0.15) is 26.7 Å². The minimum absolute atomic E-state index is 0.0656. The van der Waals surface area contributed by atoms with Crippen molar-refractivity contribution in [1.82, 2.24) is 0 Å². The van der Waals surface area contributed by atoms with Crippen LogP contribution in [-0.4, -0.2) is 24.6 Å². The molecule has 0 amide bonds. The molecule has 4 nitrogen and oxygen atoms in total. The fourth-order valence-electron chi connectivity index (χ4n) is 3.19. The summed E-state index contributed by atoms with van der Waals surface area (Å²) in [6.45, 7) is 4.09. The van der Waals surface area contributed by atoms with E-state index in [2.05, 4.69) is 12.2 Å². The highest BCUT2D eigenvalue weighted by molar-refractivity contribution is 5.83. The number of rotatable bonds is 2. The monoisotopic (exact) mass is 250 g/mol. The van der Waals surface area contributed by atoms with E-state index in [4.69, 9.17) is 9.47 Å². The summed E-state index contributed by atoms with van der Waals surface area (Å²) >= 11 is 0. The molecule has 98 valence electrons. The first kappa shape index (κ1) is 11.8. The summed E-state index contributed by atoms with van der Waals surface area (Å²) in [6.07, 6.45) is 5.47. The lowest BCUT2D eigenvalue weighted by atomic mass is 9.89. The van der Waals surface area contributed by atoms with Gasteiger partial charge in [0.05, 0.1) is 5.92 Å². The van der Waals surface area contributed by atoms with Gasteiger partial charge in [0.25, 0.3) is 0 Å². The number of hydrogen-bond acceptors (Lipinski definition) is 4. The van der Waals surface area contributed by atoms with Crippen molar-refractivity contribution in [2.24, 2.45) is 23.2 Å². The van der Waals surface area contributed by atoms with E-state index in [0.29, 0.717) is 18.4 Å². The maximum Gasteiger partial charge on any atom is 0.348 e. The Bertz CT molecular complexity index is 424. The Balaban J connectivity index is 1.68. The van der Waals surface area contributed by atoms with Crippen molar-refractivity contribution in [2.75, 3.05) is 6.61 Å². The fourth-order valence-corrected chi connectivity index (χ4v) is 3.19. The Morgan fingerprint density at radius 2 is 2.17 bits per heavy atom. The first-order valence-electron chi connectivity index (χ1n) is 6.53. The van der Waals surface area contributed by atoms with E-state index in [1.54, 1.807) is 0 Å². The Morgan fingerprint density at radius 3 is 2.67 bits per heavy atom. The minimum atomic E-state index is -0.742. The molecule has 2 fully saturated rings. The summed E-state index contributed by atoms with van der Waals surface area (Å²) in [4.78, 5) is 23.7. The van der Waals surface area contributed by atoms with Crippen molar-refractivity contribution >= 4 is 11.9 Å². The van der Waals surface area contributed by atoms with Crippen LogP contribution in [0.15, 0.2) is 12.2 Å². The SMILES string of the molecule is CC1(C)COC(=O)C1OC(=O)C1CC2C=CC1C2. The molecule has 4 atom stereocenters. The van der Waals surface area contributed by atoms with Crippen molar-refractivity contribution < 1.29 is 19.1 Å². The molecular formula is C14H18O4. The van der Waals surface area contributed by atoms with Crippen molar-refractivity contribution in [1.29, 1.82) is 0 Å². The van der Waals surface area contributed by atoms with Gasteiger partial charge < -0.3 is 9.47 Å². The lowest BCUT2D eigenvalue weighted by molar-refractivity contribution is -0.167. The molecule has 0 aromatic carbocycles. The Kier molecular flexibility index (Phi) is 2.50. The van der Waals surface area contributed by atoms with Crippen molar-refractivity contribution in [3.8, 4) is 0 Å². The lowest BCUT2D eigenvalue weighted by Gasteiger charge is -2.24. The number of fused-ring (bicyclic) bond motifs is 2. The van der Waals surface area contributed by atoms with Crippen LogP contribution in [0, 0.1) is 23.2 Å². The molecule has 0 spiro atoms. The zero-order valence-electron chi connectivity index (χ0n) is 10.7. The summed E-state index contributed by atoms with van der Waals surface area (Å²) in [5, 5.41) is 0. The van der Waals surface area contributed by atoms with Gasteiger partial charge in [-0.05, 0) is 24.7 Å². The fraction of sp³-hybridized carbons (Fsp3) is 0.714. The van der Waals surface area contributed by atoms with Crippen LogP contribution in [-0.2, 0) is 19.1 Å². The molecule has 4 heteroatoms. The van der Waals surface area contributed by atoms with Gasteiger partial charge in [-0.3, -0.25) is 4.79 Å². The average molecular weight is 250 g/mol. The van der Waals surface area contributed by atoms with Gasteiger partial charge in [-0.1, -0.05) is 26.0 Å². The van der Waals surface area contributed by atoms with Crippen molar-refractivity contribution in [3.05, 3.63) is 12.2 Å². The molecule has 2 aliphatic carbocycles. The zero-order valence-corrected chi connectivity index (χ0v) is 10.7. The molecule has 3 rings (SSSR count). The van der Waals surface area contributed by atoms with E-state index >= 15 is 0 Å². The summed E-state index contributed by atoms with van der Waals surface area (Å²) < 4.78 is 10.4. The van der Waals surface area contributed by atoms with Gasteiger partial charge in [-0.2, -0.15) is 0 Å². The summed E-state index contributed by atoms with van der Waals surface area (Å²) in [5.41, 5.74) is -0.416. The second-order valence-electron chi connectivity index (χ2n) is 6.30. The molecule has 0 radical (unpaired) electrons. The third-order valence-corrected chi connectivity index (χ3v) is 4.33. The summed E-state index contributed by atoms with van der Waals surface area (Å²) in [6, 6.07) is 0. The van der Waals surface area contributed by atoms with Gasteiger partial charge in [-0.15, -0.1) is 0 Å². The second kappa shape index (κ2) is 3.84. The molecule has 0 N–H and O–H groups in total. The van der Waals surface area contributed by atoms with Crippen LogP contribution in [0.2, 0.25) is 0 Å². The van der Waals surface area contributed by atoms with Gasteiger partial charge in [0.1, 0.15) is 6.61 Å². The maximum atomic E-state index is 12.2. The number of carbonyl (C=O) groups is 2. The van der Waals surface area contributed by atoms with Crippen LogP contribution in [0.3, 0.4) is 0 Å². The first-order valence-corrected chi connectivity index (χ1v) is 6.53. The lowest BCUT2D eigenvalue weighted by Crippen LogP contribution is -2.37. The third-order valence-electron chi connectivity index (χ3n) is 4.33. The maximum absolute atomic E-state index is 12.2. The van der Waals surface area contributed by atoms with Crippen LogP contribution in [0.4, 0.5) is 0 Å². The number of ether oxygens (including phenoxy) is 2. The highest BCUT2D eigenvalue weighted by Gasteiger charge is 2.49. The summed E-state index contributed by atoms with van der Waals surface area (Å²) in [5.74, 6) is 0.124. The molecule has 1 heterocycles. The quantitative estimate of drug-likeness (QED) is 0.553. The third kappa shape index (κ3) is 1.74. The number of allylic oxidation sites excluding steroid dienone is 2. The normalized spacial score (nSPS) is 40.0. The van der Waals surface area contributed by atoms with Crippen LogP contribution < -0.4 is 0 Å². The molecule has 1 aliphatic heterocycles. The topological polar surface area (TPSA) is 52.6 Å². The van der Waals surface area contributed by atoms with E-state index in [1.807, 2.05) is 13.8 Å². The predicted molar refractivity (Wildman–Crippen MR) is 63.5 cm³/mol. The van der Waals surface area contributed by atoms with E-state index in [9.17, 15) is 9.59 Å². The average Bonchev–Trinajstić information content (AvgIpc) is 2.99. The number of esters is 2. The summed E-state index contributed by atoms with van der Waals surface area (Å²) in [7, 11) is 0. The first-order chi connectivity index (χ1) is 8.47. The predicted octanol–water partition coefficient (Wildman–Crippen LogP) is 1.69. The standard InChI is InChI=1S/C14H18O4/c1-14(2)7-17-13(16)11(14)18-12(15)10-6-8-3-4-9(10)5-8/h3-4,8-11H,5-7H2,1-2H3. The Hall–Kier alpha value is -1.32. The molecule has 0 aromatic rings. The second-order valence-corrected chi connectivity index (χ2v) is 6.30. The highest BCUT2D eigenvalue weighted by atomic mass is 16.6. The molecule has 3 aliphatic rings. The van der Waals surface area contributed by atoms with Gasteiger partial charge in [0.2, 0.25) is 6.10 Å². The molecule has 1 saturated carbocycles. The largest absolute Gasteiger partial charge is 0.462 e. The zero-order chi connectivity index (χ0) is 12.9. The van der Waals surface area contributed by atoms with E-state index < -0.39 is 17.5 Å². The number of hydrogen-bond donors (Lipinski definition) is 0. The van der Waals surface area contributed by atoms with E-state index in [1.165, 1.54) is 0 Å². The van der Waals surface area contributed by atoms with Crippen LogP contribution in [0.5, 0.6) is 0 Å². The van der Waals surface area contributed by atoms with Gasteiger partial charge in [0, 0.05) is 5.41 Å². The molecule has 0 aromatic heterocycles. The smallest absolute Gasteiger partial charge is 0.348 e. The molecule has 18 heavy (non-hydrogen) atoms. The molecular weight excluding hydrogens is 232 g/mol. The van der Waals surface area contributed by atoms with Crippen molar-refractivity contribution in [2.45, 2.75) is 32.8 Å². The van der Waals surface area contributed by atoms with Gasteiger partial charge in [-0.25, -0.2) is 4.79 Å². The number of carbonyl (C=O) groups excluding carboxylic acids is 2. The molecule has 2 bridgehead atoms. The molecule has 4 unspecified atom stereocenters. The van der Waals surface area contributed by atoms with E-state index in [-0.39, 0.29) is 11.9 Å². The van der Waals surface area contributed by atoms with Crippen LogP contribution in [0.25, 0.3) is 0 Å². The minimum Gasteiger partial charge on any atom is -0.462 e. The molecule has 1 saturated heterocycles. The van der Waals surface area contributed by atoms with Crippen molar-refractivity contribution in [3.63, 3.8) is 0 Å². The number of cyclic esters (lactones) is 1. The highest BCUT2D eigenvalue weighted by Crippen LogP contribution is 2.44. The Morgan fingerprint density at radius 1 is 1.39 bits per heavy atom. The van der Waals surface area contributed by atoms with Gasteiger partial charge >= 0.3 is 11.9 Å². The van der Waals surface area contributed by atoms with Gasteiger partial charge in [0.15, 0.2) is 0 Å². The Labute approximate surface area is 106 Å².